The fourth-order valence-electron chi connectivity index (χ4n) is 1.03. The summed E-state index contributed by atoms with van der Waals surface area (Å²) >= 11 is 0. The molecule has 1 atom stereocenters. The average molecular weight is 333 g/mol. The van der Waals surface area contributed by atoms with Gasteiger partial charge in [0.15, 0.2) is 0 Å². The lowest BCUT2D eigenvalue weighted by Gasteiger charge is -2.09. The molecule has 9 nitrogen and oxygen atoms in total. The number of phosphoric ester groups is 1. The Morgan fingerprint density at radius 2 is 1.52 bits per heavy atom. The molecule has 2 N–H and O–H groups in total. The molecule has 1 amide bonds. The van der Waals surface area contributed by atoms with Gasteiger partial charge in [0, 0.05) is 13.7 Å². The van der Waals surface area contributed by atoms with Crippen molar-refractivity contribution in [3.8, 4) is 0 Å². The van der Waals surface area contributed by atoms with Gasteiger partial charge in [-0.25, -0.2) is 9.36 Å². The maximum absolute atomic E-state index is 11.7. The van der Waals surface area contributed by atoms with E-state index in [1.54, 1.807) is 0 Å². The van der Waals surface area contributed by atoms with Crippen molar-refractivity contribution in [1.29, 1.82) is 0 Å². The molecule has 0 spiro atoms. The molecule has 0 aliphatic rings. The number of halogens is 1. The van der Waals surface area contributed by atoms with E-state index in [1.807, 2.05) is 5.32 Å². The third-order valence-electron chi connectivity index (χ3n) is 1.97. The van der Waals surface area contributed by atoms with Gasteiger partial charge < -0.3 is 24.4 Å². The van der Waals surface area contributed by atoms with E-state index in [-0.39, 0.29) is 26.4 Å². The van der Waals surface area contributed by atoms with Crippen LogP contribution in [0.5, 0.6) is 0 Å². The number of ether oxygens (including phenoxy) is 3. The van der Waals surface area contributed by atoms with Crippen molar-refractivity contribution >= 4 is 14.0 Å². The molecular weight excluding hydrogens is 312 g/mol. The summed E-state index contributed by atoms with van der Waals surface area (Å²) in [6.07, 6.45) is -1.58. The molecule has 0 saturated carbocycles. The van der Waals surface area contributed by atoms with Crippen LogP contribution in [0.4, 0.5) is 9.18 Å². The molecule has 21 heavy (non-hydrogen) atoms. The molecule has 0 aromatic heterocycles. The van der Waals surface area contributed by atoms with Crippen molar-refractivity contribution in [3.63, 3.8) is 0 Å². The van der Waals surface area contributed by atoms with Crippen LogP contribution in [-0.4, -0.2) is 71.0 Å². The number of carbonyl (C=O) groups is 1. The number of hydrogen-bond donors (Lipinski definition) is 2. The Kier molecular flexibility index (Phi) is 12.7. The summed E-state index contributed by atoms with van der Waals surface area (Å²) < 4.78 is 46.6. The molecular formula is C10H21FNO8P. The van der Waals surface area contributed by atoms with Crippen LogP contribution < -0.4 is 5.32 Å². The molecule has 0 aliphatic heterocycles. The number of carbonyl (C=O) groups excluding carboxylic acids is 1. The van der Waals surface area contributed by atoms with Crippen LogP contribution in [0.1, 0.15) is 0 Å². The largest absolute Gasteiger partial charge is 0.471 e. The Morgan fingerprint density at radius 1 is 1.05 bits per heavy atom. The zero-order valence-electron chi connectivity index (χ0n) is 11.8. The topological polar surface area (TPSA) is 113 Å². The van der Waals surface area contributed by atoms with E-state index in [1.165, 1.54) is 0 Å². The molecule has 0 bridgehead atoms. The van der Waals surface area contributed by atoms with Crippen molar-refractivity contribution < 1.29 is 41.9 Å². The van der Waals surface area contributed by atoms with Crippen LogP contribution in [0.3, 0.4) is 0 Å². The fourth-order valence-corrected chi connectivity index (χ4v) is 1.44. The monoisotopic (exact) mass is 333 g/mol. The van der Waals surface area contributed by atoms with Crippen molar-refractivity contribution in [2.45, 2.75) is 0 Å². The molecule has 0 fully saturated rings. The lowest BCUT2D eigenvalue weighted by Crippen LogP contribution is -2.23. The van der Waals surface area contributed by atoms with Crippen LogP contribution in [0.15, 0.2) is 0 Å². The first-order valence-electron chi connectivity index (χ1n) is 6.17. The van der Waals surface area contributed by atoms with Gasteiger partial charge in [-0.15, -0.1) is 4.39 Å². The van der Waals surface area contributed by atoms with Gasteiger partial charge in [0.05, 0.1) is 46.2 Å². The highest BCUT2D eigenvalue weighted by atomic mass is 31.2. The zero-order chi connectivity index (χ0) is 16.0. The summed E-state index contributed by atoms with van der Waals surface area (Å²) in [4.78, 5) is 18.8. The summed E-state index contributed by atoms with van der Waals surface area (Å²) in [5.41, 5.74) is 0. The molecule has 0 radical (unpaired) electrons. The van der Waals surface area contributed by atoms with Crippen molar-refractivity contribution in [3.05, 3.63) is 0 Å². The second kappa shape index (κ2) is 13.1. The van der Waals surface area contributed by atoms with Crippen molar-refractivity contribution in [2.24, 2.45) is 0 Å². The van der Waals surface area contributed by atoms with Crippen LogP contribution in [0, 0.1) is 0 Å². The Hall–Kier alpha value is -0.610. The molecule has 0 rings (SSSR count). The molecule has 126 valence electrons. The first kappa shape index (κ1) is 20.4. The van der Waals surface area contributed by atoms with Gasteiger partial charge in [0.25, 0.3) is 0 Å². The lowest BCUT2D eigenvalue weighted by molar-refractivity contribution is 0.00776. The SMILES string of the molecule is COP(=O)(O)OCCOCCOCCOCCNC(=O)F. The average Bonchev–Trinajstić information content (AvgIpc) is 2.43. The van der Waals surface area contributed by atoms with Gasteiger partial charge >= 0.3 is 14.0 Å². The summed E-state index contributed by atoms with van der Waals surface area (Å²) in [5, 5.41) is 1.94. The van der Waals surface area contributed by atoms with E-state index in [4.69, 9.17) is 19.1 Å². The number of rotatable bonds is 14. The molecule has 0 aromatic carbocycles. The second-order valence-electron chi connectivity index (χ2n) is 3.52. The van der Waals surface area contributed by atoms with Gasteiger partial charge in [-0.05, 0) is 0 Å². The Bertz CT molecular complexity index is 319. The maximum atomic E-state index is 11.7. The van der Waals surface area contributed by atoms with E-state index in [0.29, 0.717) is 26.4 Å². The van der Waals surface area contributed by atoms with Gasteiger partial charge in [-0.2, -0.15) is 0 Å². The van der Waals surface area contributed by atoms with Gasteiger partial charge in [0.1, 0.15) is 0 Å². The van der Waals surface area contributed by atoms with Crippen molar-refractivity contribution in [2.75, 3.05) is 59.9 Å². The van der Waals surface area contributed by atoms with Crippen LogP contribution in [0.25, 0.3) is 0 Å². The van der Waals surface area contributed by atoms with Gasteiger partial charge in [-0.1, -0.05) is 0 Å². The van der Waals surface area contributed by atoms with Crippen LogP contribution in [0.2, 0.25) is 0 Å². The third kappa shape index (κ3) is 15.6. The fraction of sp³-hybridized carbons (Fsp3) is 0.900. The standard InChI is InChI=1S/C10H21FNO8P/c1-16-21(14,15)20-9-8-19-7-6-18-5-4-17-3-2-12-10(11)13/h2-9H2,1H3,(H,12,13)(H,14,15). The van der Waals surface area contributed by atoms with E-state index in [9.17, 15) is 13.8 Å². The normalized spacial score (nSPS) is 13.9. The third-order valence-corrected chi connectivity index (χ3v) is 2.94. The van der Waals surface area contributed by atoms with Gasteiger partial charge in [0.2, 0.25) is 0 Å². The Labute approximate surface area is 122 Å². The summed E-state index contributed by atoms with van der Waals surface area (Å²) in [5.74, 6) is 0. The summed E-state index contributed by atoms with van der Waals surface area (Å²) in [6, 6.07) is 0. The quantitative estimate of drug-likeness (QED) is 0.204. The number of phosphoric acid groups is 1. The van der Waals surface area contributed by atoms with E-state index in [0.717, 1.165) is 7.11 Å². The van der Waals surface area contributed by atoms with Crippen molar-refractivity contribution in [1.82, 2.24) is 5.32 Å². The van der Waals surface area contributed by atoms with Crippen LogP contribution in [-0.2, 0) is 27.8 Å². The molecule has 0 heterocycles. The first-order chi connectivity index (χ1) is 9.98. The van der Waals surface area contributed by atoms with E-state index >= 15 is 0 Å². The Morgan fingerprint density at radius 3 is 2.00 bits per heavy atom. The highest BCUT2D eigenvalue weighted by Crippen LogP contribution is 2.41. The minimum Gasteiger partial charge on any atom is -0.377 e. The minimum atomic E-state index is -3.94. The molecule has 1 unspecified atom stereocenters. The molecule has 0 aromatic rings. The number of nitrogens with one attached hydrogen (secondary N) is 1. The molecule has 11 heteroatoms. The van der Waals surface area contributed by atoms with E-state index in [2.05, 4.69) is 9.05 Å². The molecule has 0 aliphatic carbocycles. The highest BCUT2D eigenvalue weighted by molar-refractivity contribution is 7.47. The number of hydrogen-bond acceptors (Lipinski definition) is 7. The van der Waals surface area contributed by atoms with E-state index < -0.39 is 14.0 Å². The molecule has 0 saturated heterocycles. The summed E-state index contributed by atoms with van der Waals surface area (Å²) in [7, 11) is -2.86. The predicted octanol–water partition coefficient (Wildman–Crippen LogP) is 0.479. The minimum absolute atomic E-state index is 0.0645. The van der Waals surface area contributed by atoms with Gasteiger partial charge in [-0.3, -0.25) is 9.05 Å². The van der Waals surface area contributed by atoms with Crippen LogP contribution >= 0.6 is 7.82 Å². The maximum Gasteiger partial charge on any atom is 0.471 e. The first-order valence-corrected chi connectivity index (χ1v) is 7.67. The smallest absolute Gasteiger partial charge is 0.377 e. The second-order valence-corrected chi connectivity index (χ2v) is 5.08. The predicted molar refractivity (Wildman–Crippen MR) is 69.8 cm³/mol. The lowest BCUT2D eigenvalue weighted by atomic mass is 10.6. The highest BCUT2D eigenvalue weighted by Gasteiger charge is 2.17. The zero-order valence-corrected chi connectivity index (χ0v) is 12.7. The Balaban J connectivity index is 3.13. The summed E-state index contributed by atoms with van der Waals surface area (Å²) in [6.45, 7) is 1.64. The number of amides is 1.